The number of hydrogen-bond donors (Lipinski definition) is 2. The Labute approximate surface area is 241 Å². The summed E-state index contributed by atoms with van der Waals surface area (Å²) in [6, 6.07) is 24.1. The van der Waals surface area contributed by atoms with Gasteiger partial charge in [-0.25, -0.2) is 4.79 Å². The molecule has 1 aliphatic carbocycles. The first kappa shape index (κ1) is 27.5. The summed E-state index contributed by atoms with van der Waals surface area (Å²) in [6.07, 6.45) is 7.63. The lowest BCUT2D eigenvalue weighted by molar-refractivity contribution is 0.123. The molecule has 0 spiro atoms. The quantitative estimate of drug-likeness (QED) is 0.306. The van der Waals surface area contributed by atoms with Gasteiger partial charge in [-0.05, 0) is 91.7 Å². The van der Waals surface area contributed by atoms with Crippen molar-refractivity contribution in [2.24, 2.45) is 5.92 Å². The Bertz CT molecular complexity index is 1320. The Morgan fingerprint density at radius 2 is 1.67 bits per heavy atom. The van der Waals surface area contributed by atoms with Crippen LogP contribution in [0.2, 0.25) is 10.0 Å². The summed E-state index contributed by atoms with van der Waals surface area (Å²) < 4.78 is 0. The number of benzene rings is 3. The first-order chi connectivity index (χ1) is 19.0. The van der Waals surface area contributed by atoms with Crippen LogP contribution in [0.3, 0.4) is 0 Å². The number of piperidine rings is 1. The van der Waals surface area contributed by atoms with Gasteiger partial charge in [0, 0.05) is 24.2 Å². The second-order valence-corrected chi connectivity index (χ2v) is 11.5. The molecule has 0 radical (unpaired) electrons. The summed E-state index contributed by atoms with van der Waals surface area (Å²) in [5.41, 5.74) is 4.59. The van der Waals surface area contributed by atoms with Crippen LogP contribution in [0.25, 0.3) is 11.1 Å². The zero-order chi connectivity index (χ0) is 27.2. The molecule has 2 amide bonds. The Morgan fingerprint density at radius 1 is 0.923 bits per heavy atom. The van der Waals surface area contributed by atoms with Gasteiger partial charge >= 0.3 is 6.03 Å². The summed E-state index contributed by atoms with van der Waals surface area (Å²) in [4.78, 5) is 15.5. The van der Waals surface area contributed by atoms with Crippen molar-refractivity contribution in [2.45, 2.75) is 50.5 Å². The van der Waals surface area contributed by atoms with Gasteiger partial charge < -0.3 is 15.5 Å². The fraction of sp³-hybridized carbons (Fsp3) is 0.375. The molecule has 5 nitrogen and oxygen atoms in total. The lowest BCUT2D eigenvalue weighted by Crippen LogP contribution is -2.43. The third-order valence-electron chi connectivity index (χ3n) is 8.31. The summed E-state index contributed by atoms with van der Waals surface area (Å²) >= 11 is 12.1. The molecule has 0 bridgehead atoms. The van der Waals surface area contributed by atoms with Gasteiger partial charge in [-0.15, -0.1) is 0 Å². The molecule has 2 N–H and O–H groups in total. The van der Waals surface area contributed by atoms with Gasteiger partial charge in [0.05, 0.1) is 21.7 Å². The van der Waals surface area contributed by atoms with Gasteiger partial charge in [0.15, 0.2) is 0 Å². The smallest absolute Gasteiger partial charge is 0.319 e. The number of urea groups is 1. The molecule has 2 fully saturated rings. The number of likely N-dealkylation sites (tertiary alicyclic amines) is 1. The second kappa shape index (κ2) is 12.9. The predicted molar refractivity (Wildman–Crippen MR) is 159 cm³/mol. The summed E-state index contributed by atoms with van der Waals surface area (Å²) in [7, 11) is 0. The van der Waals surface area contributed by atoms with E-state index in [1.54, 1.807) is 18.2 Å². The normalized spacial score (nSPS) is 17.5. The maximum Gasteiger partial charge on any atom is 0.319 e. The van der Waals surface area contributed by atoms with Gasteiger partial charge in [-0.1, -0.05) is 72.4 Å². The standard InChI is InChI=1S/C32H34Cl2N4O/c33-30-13-12-27(19-31(30)34)37-32(39)36-21-29(25-14-16-38(17-15-25)28-6-1-2-7-28)24-10-8-23(9-11-24)26-5-3-4-22(18-26)20-35/h3-5,8-13,18-19,25,28-29H,1-2,6-7,14-17,21H2,(H2,36,37,39). The van der Waals surface area contributed by atoms with E-state index < -0.39 is 0 Å². The van der Waals surface area contributed by atoms with Gasteiger partial charge in [0.25, 0.3) is 0 Å². The molecule has 1 saturated heterocycles. The molecule has 7 heteroatoms. The summed E-state index contributed by atoms with van der Waals surface area (Å²) in [5.74, 6) is 0.690. The Morgan fingerprint density at radius 3 is 2.36 bits per heavy atom. The molecule has 1 aliphatic heterocycles. The van der Waals surface area contributed by atoms with Crippen molar-refractivity contribution in [3.63, 3.8) is 0 Å². The highest BCUT2D eigenvalue weighted by atomic mass is 35.5. The average molecular weight is 562 g/mol. The van der Waals surface area contributed by atoms with Crippen LogP contribution < -0.4 is 10.6 Å². The van der Waals surface area contributed by atoms with Crippen LogP contribution in [0.5, 0.6) is 0 Å². The van der Waals surface area contributed by atoms with E-state index in [1.165, 1.54) is 31.2 Å². The number of hydrogen-bond acceptors (Lipinski definition) is 3. The highest BCUT2D eigenvalue weighted by Crippen LogP contribution is 2.36. The van der Waals surface area contributed by atoms with E-state index in [4.69, 9.17) is 23.2 Å². The zero-order valence-electron chi connectivity index (χ0n) is 22.0. The lowest BCUT2D eigenvalue weighted by atomic mass is 9.79. The molecule has 3 aromatic rings. The van der Waals surface area contributed by atoms with Crippen molar-refractivity contribution in [1.82, 2.24) is 10.2 Å². The highest BCUT2D eigenvalue weighted by molar-refractivity contribution is 6.42. The Kier molecular flexibility index (Phi) is 9.09. The summed E-state index contributed by atoms with van der Waals surface area (Å²) in [5, 5.41) is 16.1. The van der Waals surface area contributed by atoms with E-state index >= 15 is 0 Å². The van der Waals surface area contributed by atoms with E-state index in [1.807, 2.05) is 24.3 Å². The predicted octanol–water partition coefficient (Wildman–Crippen LogP) is 8.09. The molecular formula is C32H34Cl2N4O. The van der Waals surface area contributed by atoms with Crippen molar-refractivity contribution in [2.75, 3.05) is 25.0 Å². The van der Waals surface area contributed by atoms with Crippen molar-refractivity contribution < 1.29 is 4.79 Å². The first-order valence-electron chi connectivity index (χ1n) is 13.8. The highest BCUT2D eigenvalue weighted by Gasteiger charge is 2.31. The van der Waals surface area contributed by atoms with Gasteiger partial charge in [0.1, 0.15) is 0 Å². The minimum Gasteiger partial charge on any atom is -0.337 e. The number of anilines is 1. The molecule has 5 rings (SSSR count). The average Bonchev–Trinajstić information content (AvgIpc) is 3.51. The fourth-order valence-corrected chi connectivity index (χ4v) is 6.45. The SMILES string of the molecule is N#Cc1cccc(-c2ccc(C(CNC(=O)Nc3ccc(Cl)c(Cl)c3)C3CCN(C4CCCC4)CC3)cc2)c1. The molecule has 1 atom stereocenters. The van der Waals surface area contributed by atoms with Crippen molar-refractivity contribution >= 4 is 34.9 Å². The fourth-order valence-electron chi connectivity index (χ4n) is 6.16. The second-order valence-electron chi connectivity index (χ2n) is 10.7. The van der Waals surface area contributed by atoms with E-state index in [-0.39, 0.29) is 11.9 Å². The van der Waals surface area contributed by atoms with Gasteiger partial charge in [0.2, 0.25) is 0 Å². The lowest BCUT2D eigenvalue weighted by Gasteiger charge is -2.39. The van der Waals surface area contributed by atoms with Crippen molar-refractivity contribution in [1.29, 1.82) is 5.26 Å². The van der Waals surface area contributed by atoms with Crippen LogP contribution >= 0.6 is 23.2 Å². The molecule has 2 aliphatic rings. The van der Waals surface area contributed by atoms with E-state index in [9.17, 15) is 10.1 Å². The topological polar surface area (TPSA) is 68.2 Å². The van der Waals surface area contributed by atoms with Crippen LogP contribution in [0.1, 0.15) is 55.6 Å². The number of rotatable bonds is 7. The maximum absolute atomic E-state index is 12.8. The van der Waals surface area contributed by atoms with Gasteiger partial charge in [-0.3, -0.25) is 0 Å². The summed E-state index contributed by atoms with van der Waals surface area (Å²) in [6.45, 7) is 2.80. The third-order valence-corrected chi connectivity index (χ3v) is 9.05. The maximum atomic E-state index is 12.8. The number of nitrogens with zero attached hydrogens (tertiary/aromatic N) is 2. The Balaban J connectivity index is 1.29. The van der Waals surface area contributed by atoms with Gasteiger partial charge in [-0.2, -0.15) is 5.26 Å². The minimum atomic E-state index is -0.258. The molecule has 0 aromatic heterocycles. The van der Waals surface area contributed by atoms with Crippen LogP contribution in [-0.2, 0) is 0 Å². The molecule has 1 saturated carbocycles. The number of nitriles is 1. The molecule has 1 heterocycles. The molecular weight excluding hydrogens is 527 g/mol. The van der Waals surface area contributed by atoms with Crippen LogP contribution in [0.4, 0.5) is 10.5 Å². The zero-order valence-corrected chi connectivity index (χ0v) is 23.5. The van der Waals surface area contributed by atoms with E-state index in [0.717, 1.165) is 43.1 Å². The minimum absolute atomic E-state index is 0.203. The monoisotopic (exact) mass is 560 g/mol. The van der Waals surface area contributed by atoms with Crippen LogP contribution in [0, 0.1) is 17.2 Å². The number of nitrogens with one attached hydrogen (secondary N) is 2. The number of amides is 2. The molecule has 39 heavy (non-hydrogen) atoms. The number of carbonyl (C=O) groups excluding carboxylic acids is 1. The van der Waals surface area contributed by atoms with E-state index in [2.05, 4.69) is 45.9 Å². The van der Waals surface area contributed by atoms with E-state index in [0.29, 0.717) is 33.8 Å². The third kappa shape index (κ3) is 6.94. The molecule has 1 unspecified atom stereocenters. The first-order valence-corrected chi connectivity index (χ1v) is 14.6. The largest absolute Gasteiger partial charge is 0.337 e. The van der Waals surface area contributed by atoms with Crippen LogP contribution in [0.15, 0.2) is 66.7 Å². The van der Waals surface area contributed by atoms with Crippen molar-refractivity contribution in [3.05, 3.63) is 87.9 Å². The number of carbonyl (C=O) groups is 1. The molecule has 202 valence electrons. The van der Waals surface area contributed by atoms with Crippen molar-refractivity contribution in [3.8, 4) is 17.2 Å². The van der Waals surface area contributed by atoms with Crippen LogP contribution in [-0.4, -0.2) is 36.6 Å². The molecule has 3 aromatic carbocycles. The Hall–Kier alpha value is -3.04. The number of halogens is 2.